The van der Waals surface area contributed by atoms with Crippen LogP contribution in [0.15, 0.2) is 18.2 Å². The number of anilines is 1. The van der Waals surface area contributed by atoms with Crippen LogP contribution >= 0.6 is 0 Å². The maximum atomic E-state index is 12.5. The minimum absolute atomic E-state index is 0.0381. The van der Waals surface area contributed by atoms with Gasteiger partial charge in [0.05, 0.1) is 19.9 Å². The Labute approximate surface area is 163 Å². The van der Waals surface area contributed by atoms with Crippen molar-refractivity contribution in [3.8, 4) is 11.5 Å². The molecule has 0 bridgehead atoms. The van der Waals surface area contributed by atoms with Gasteiger partial charge in [0, 0.05) is 31.1 Å². The summed E-state index contributed by atoms with van der Waals surface area (Å²) < 4.78 is 10.6. The zero-order chi connectivity index (χ0) is 19.8. The largest absolute Gasteiger partial charge is 0.497 e. The number of benzene rings is 1. The molecule has 1 aliphatic heterocycles. The first-order chi connectivity index (χ1) is 12.9. The molecule has 1 fully saturated rings. The van der Waals surface area contributed by atoms with Crippen molar-refractivity contribution in [2.24, 2.45) is 5.92 Å². The smallest absolute Gasteiger partial charge is 0.226 e. The van der Waals surface area contributed by atoms with Crippen molar-refractivity contribution < 1.29 is 14.3 Å². The van der Waals surface area contributed by atoms with Gasteiger partial charge in [-0.2, -0.15) is 0 Å². The second-order valence-electron chi connectivity index (χ2n) is 7.68. The minimum atomic E-state index is -0.0381. The Morgan fingerprint density at radius 1 is 1.15 bits per heavy atom. The summed E-state index contributed by atoms with van der Waals surface area (Å²) in [6, 6.07) is 6.00. The van der Waals surface area contributed by atoms with Crippen molar-refractivity contribution in [3.63, 3.8) is 0 Å². The van der Waals surface area contributed by atoms with E-state index in [1.54, 1.807) is 26.4 Å². The Morgan fingerprint density at radius 3 is 2.44 bits per heavy atom. The van der Waals surface area contributed by atoms with Gasteiger partial charge in [-0.05, 0) is 50.9 Å². The fraction of sp³-hybridized carbons (Fsp3) is 0.667. The van der Waals surface area contributed by atoms with E-state index in [4.69, 9.17) is 9.47 Å². The summed E-state index contributed by atoms with van der Waals surface area (Å²) in [6.07, 6.45) is 3.00. The molecule has 1 aromatic rings. The number of amides is 1. The van der Waals surface area contributed by atoms with Crippen LogP contribution in [0.5, 0.6) is 11.5 Å². The van der Waals surface area contributed by atoms with Gasteiger partial charge in [-0.15, -0.1) is 0 Å². The zero-order valence-corrected chi connectivity index (χ0v) is 17.4. The summed E-state index contributed by atoms with van der Waals surface area (Å²) in [5.74, 6) is 1.86. The van der Waals surface area contributed by atoms with Crippen LogP contribution in [0.25, 0.3) is 0 Å². The lowest BCUT2D eigenvalue weighted by Crippen LogP contribution is -2.46. The molecule has 6 heteroatoms. The summed E-state index contributed by atoms with van der Waals surface area (Å²) in [6.45, 7) is 9.90. The molecule has 1 saturated heterocycles. The van der Waals surface area contributed by atoms with E-state index in [-0.39, 0.29) is 11.9 Å². The lowest BCUT2D eigenvalue weighted by molar-refractivity contribution is -0.116. The van der Waals surface area contributed by atoms with Crippen LogP contribution in [-0.2, 0) is 4.79 Å². The van der Waals surface area contributed by atoms with E-state index >= 15 is 0 Å². The van der Waals surface area contributed by atoms with Gasteiger partial charge in [-0.1, -0.05) is 13.8 Å². The molecule has 2 N–H and O–H groups in total. The Morgan fingerprint density at radius 2 is 1.85 bits per heavy atom. The molecule has 1 aromatic carbocycles. The van der Waals surface area contributed by atoms with Crippen LogP contribution in [0.1, 0.15) is 40.0 Å². The van der Waals surface area contributed by atoms with E-state index < -0.39 is 0 Å². The molecular weight excluding hydrogens is 342 g/mol. The molecule has 6 nitrogen and oxygen atoms in total. The lowest BCUT2D eigenvalue weighted by atomic mass is 10.0. The number of hydrogen-bond acceptors (Lipinski definition) is 5. The zero-order valence-electron chi connectivity index (χ0n) is 17.4. The average Bonchev–Trinajstić information content (AvgIpc) is 3.15. The molecule has 152 valence electrons. The fourth-order valence-electron chi connectivity index (χ4n) is 3.64. The summed E-state index contributed by atoms with van der Waals surface area (Å²) in [5.41, 5.74) is 0.631. The first-order valence-corrected chi connectivity index (χ1v) is 9.94. The summed E-state index contributed by atoms with van der Waals surface area (Å²) in [5, 5.41) is 6.49. The predicted molar refractivity (Wildman–Crippen MR) is 110 cm³/mol. The number of nitrogens with one attached hydrogen (secondary N) is 2. The van der Waals surface area contributed by atoms with E-state index in [0.717, 1.165) is 6.54 Å². The Balaban J connectivity index is 1.86. The van der Waals surface area contributed by atoms with Crippen molar-refractivity contribution in [2.75, 3.05) is 39.2 Å². The van der Waals surface area contributed by atoms with Crippen LogP contribution in [0.2, 0.25) is 0 Å². The van der Waals surface area contributed by atoms with Crippen molar-refractivity contribution in [1.29, 1.82) is 0 Å². The first-order valence-electron chi connectivity index (χ1n) is 9.94. The second kappa shape index (κ2) is 10.5. The van der Waals surface area contributed by atoms with Crippen LogP contribution in [-0.4, -0.2) is 56.7 Å². The maximum Gasteiger partial charge on any atom is 0.226 e. The quantitative estimate of drug-likeness (QED) is 0.656. The Kier molecular flexibility index (Phi) is 8.38. The molecule has 0 aromatic heterocycles. The van der Waals surface area contributed by atoms with Crippen molar-refractivity contribution in [3.05, 3.63) is 18.2 Å². The second-order valence-corrected chi connectivity index (χ2v) is 7.68. The number of rotatable bonds is 10. The number of nitrogens with zero attached hydrogens (tertiary/aromatic N) is 1. The molecule has 0 spiro atoms. The van der Waals surface area contributed by atoms with Gasteiger partial charge in [-0.25, -0.2) is 0 Å². The molecule has 0 aliphatic carbocycles. The van der Waals surface area contributed by atoms with Gasteiger partial charge in [-0.3, -0.25) is 9.69 Å². The Hall–Kier alpha value is -1.79. The van der Waals surface area contributed by atoms with Gasteiger partial charge in [0.25, 0.3) is 0 Å². The van der Waals surface area contributed by atoms with E-state index in [1.807, 2.05) is 6.07 Å². The SMILES string of the molecule is COc1ccc(OC)c(NC(=O)CC(C)NCC(C(C)C)N2CCCC2)c1. The van der Waals surface area contributed by atoms with Gasteiger partial charge in [0.1, 0.15) is 11.5 Å². The molecule has 2 unspecified atom stereocenters. The number of ether oxygens (including phenoxy) is 2. The summed E-state index contributed by atoms with van der Waals surface area (Å²) in [4.78, 5) is 15.0. The van der Waals surface area contributed by atoms with Gasteiger partial charge >= 0.3 is 0 Å². The van der Waals surface area contributed by atoms with Crippen LogP contribution in [0.3, 0.4) is 0 Å². The normalized spacial score (nSPS) is 17.0. The monoisotopic (exact) mass is 377 g/mol. The van der Waals surface area contributed by atoms with Crippen molar-refractivity contribution in [2.45, 2.75) is 52.1 Å². The van der Waals surface area contributed by atoms with Gasteiger partial charge in [0.15, 0.2) is 0 Å². The number of methoxy groups -OCH3 is 2. The molecule has 2 atom stereocenters. The van der Waals surface area contributed by atoms with Gasteiger partial charge < -0.3 is 20.1 Å². The topological polar surface area (TPSA) is 62.8 Å². The van der Waals surface area contributed by atoms with Gasteiger partial charge in [0.2, 0.25) is 5.91 Å². The summed E-state index contributed by atoms with van der Waals surface area (Å²) >= 11 is 0. The highest BCUT2D eigenvalue weighted by atomic mass is 16.5. The van der Waals surface area contributed by atoms with E-state index in [9.17, 15) is 4.79 Å². The molecule has 27 heavy (non-hydrogen) atoms. The van der Waals surface area contributed by atoms with Crippen molar-refractivity contribution >= 4 is 11.6 Å². The number of likely N-dealkylation sites (tertiary alicyclic amines) is 1. The highest BCUT2D eigenvalue weighted by Crippen LogP contribution is 2.29. The molecule has 0 radical (unpaired) electrons. The first kappa shape index (κ1) is 21.5. The fourth-order valence-corrected chi connectivity index (χ4v) is 3.64. The molecule has 0 saturated carbocycles. The highest BCUT2D eigenvalue weighted by molar-refractivity contribution is 5.92. The molecular formula is C21H35N3O3. The number of hydrogen-bond donors (Lipinski definition) is 2. The van der Waals surface area contributed by atoms with E-state index in [2.05, 4.69) is 36.3 Å². The highest BCUT2D eigenvalue weighted by Gasteiger charge is 2.25. The maximum absolute atomic E-state index is 12.5. The molecule has 1 amide bonds. The minimum Gasteiger partial charge on any atom is -0.497 e. The number of carbonyl (C=O) groups excluding carboxylic acids is 1. The third-order valence-corrected chi connectivity index (χ3v) is 5.23. The predicted octanol–water partition coefficient (Wildman–Crippen LogP) is 3.13. The van der Waals surface area contributed by atoms with Crippen LogP contribution in [0.4, 0.5) is 5.69 Å². The van der Waals surface area contributed by atoms with E-state index in [1.165, 1.54) is 25.9 Å². The summed E-state index contributed by atoms with van der Waals surface area (Å²) in [7, 11) is 3.19. The standard InChI is InChI=1S/C21H35N3O3/c1-15(2)19(24-10-6-7-11-24)14-22-16(3)12-21(25)23-18-13-17(26-4)8-9-20(18)27-5/h8-9,13,15-16,19,22H,6-7,10-12,14H2,1-5H3,(H,23,25). The lowest BCUT2D eigenvalue weighted by Gasteiger charge is -2.32. The third kappa shape index (κ3) is 6.40. The Bertz CT molecular complexity index is 600. The van der Waals surface area contributed by atoms with Crippen molar-refractivity contribution in [1.82, 2.24) is 10.2 Å². The third-order valence-electron chi connectivity index (χ3n) is 5.23. The van der Waals surface area contributed by atoms with Crippen LogP contribution < -0.4 is 20.1 Å². The average molecular weight is 378 g/mol. The molecule has 2 rings (SSSR count). The number of carbonyl (C=O) groups is 1. The van der Waals surface area contributed by atoms with Crippen LogP contribution in [0, 0.1) is 5.92 Å². The molecule has 1 heterocycles. The molecule has 1 aliphatic rings. The van der Waals surface area contributed by atoms with E-state index in [0.29, 0.717) is 35.6 Å².